The molecule has 1 aromatic rings. The molecule has 0 amide bonds. The summed E-state index contributed by atoms with van der Waals surface area (Å²) in [7, 11) is -3.12. The van der Waals surface area contributed by atoms with Crippen molar-refractivity contribution in [2.24, 2.45) is 0 Å². The number of aryl methyl sites for hydroxylation is 1. The maximum atomic E-state index is 12.7. The van der Waals surface area contributed by atoms with E-state index in [1.165, 1.54) is 5.56 Å². The maximum absolute atomic E-state index is 12.7. The highest BCUT2D eigenvalue weighted by atomic mass is 32.2. The first kappa shape index (κ1) is 16.9. The van der Waals surface area contributed by atoms with Crippen LogP contribution in [0.25, 0.3) is 0 Å². The first-order valence-electron chi connectivity index (χ1n) is 8.68. The molecule has 3 rings (SSSR count). The largest absolute Gasteiger partial charge is 0.298 e. The topological polar surface area (TPSA) is 58.4 Å². The highest BCUT2D eigenvalue weighted by Crippen LogP contribution is 2.44. The van der Waals surface area contributed by atoms with Gasteiger partial charge in [0.1, 0.15) is 0 Å². The molecule has 0 atom stereocenters. The third kappa shape index (κ3) is 3.61. The molecule has 0 unspecified atom stereocenters. The lowest BCUT2D eigenvalue weighted by atomic mass is 10.3. The van der Waals surface area contributed by atoms with Crippen LogP contribution in [0.1, 0.15) is 45.1 Å². The zero-order valence-corrected chi connectivity index (χ0v) is 15.1. The molecular formula is C16H28N4O2S. The number of hydrogen-bond donors (Lipinski definition) is 0. The Labute approximate surface area is 139 Å². The molecule has 6 nitrogen and oxygen atoms in total. The third-order valence-electron chi connectivity index (χ3n) is 5.01. The van der Waals surface area contributed by atoms with E-state index in [0.29, 0.717) is 13.1 Å². The normalized spacial score (nSPS) is 22.9. The smallest absolute Gasteiger partial charge is 0.219 e. The van der Waals surface area contributed by atoms with E-state index in [1.807, 2.05) is 17.8 Å². The van der Waals surface area contributed by atoms with Crippen LogP contribution in [0.3, 0.4) is 0 Å². The second kappa shape index (κ2) is 6.53. The lowest BCUT2D eigenvalue weighted by Gasteiger charge is -2.24. The van der Waals surface area contributed by atoms with Crippen molar-refractivity contribution in [3.8, 4) is 0 Å². The van der Waals surface area contributed by atoms with Gasteiger partial charge in [-0.3, -0.25) is 9.58 Å². The minimum atomic E-state index is -3.12. The van der Waals surface area contributed by atoms with Crippen LogP contribution < -0.4 is 0 Å². The van der Waals surface area contributed by atoms with Crippen LogP contribution in [-0.4, -0.2) is 58.3 Å². The van der Waals surface area contributed by atoms with Gasteiger partial charge in [-0.05, 0) is 39.2 Å². The molecule has 2 aliphatic rings. The Morgan fingerprint density at radius 1 is 1.22 bits per heavy atom. The van der Waals surface area contributed by atoms with Crippen molar-refractivity contribution in [3.05, 3.63) is 18.0 Å². The zero-order chi connectivity index (χ0) is 16.5. The lowest BCUT2D eigenvalue weighted by Crippen LogP contribution is -2.41. The van der Waals surface area contributed by atoms with Gasteiger partial charge in [0.05, 0.1) is 10.9 Å². The van der Waals surface area contributed by atoms with Crippen molar-refractivity contribution < 1.29 is 8.42 Å². The van der Waals surface area contributed by atoms with Crippen molar-refractivity contribution in [1.82, 2.24) is 19.0 Å². The molecule has 1 aromatic heterocycles. The molecule has 130 valence electrons. The highest BCUT2D eigenvalue weighted by Gasteiger charge is 2.52. The van der Waals surface area contributed by atoms with Gasteiger partial charge in [-0.1, -0.05) is 6.92 Å². The molecular weight excluding hydrogens is 312 g/mol. The predicted molar refractivity (Wildman–Crippen MR) is 90.5 cm³/mol. The van der Waals surface area contributed by atoms with Crippen LogP contribution >= 0.6 is 0 Å². The van der Waals surface area contributed by atoms with Crippen LogP contribution in [-0.2, 0) is 23.1 Å². The summed E-state index contributed by atoms with van der Waals surface area (Å²) < 4.78 is 28.5. The fourth-order valence-electron chi connectivity index (χ4n) is 3.19. The summed E-state index contributed by atoms with van der Waals surface area (Å²) in [5.41, 5.74) is 1.21. The first-order chi connectivity index (χ1) is 10.9. The van der Waals surface area contributed by atoms with Gasteiger partial charge in [0.15, 0.2) is 0 Å². The SMILES string of the molecule is CCCn1cc(CN2CCCN(S(=O)(=O)C3(C)CC3)CC2)cn1. The fourth-order valence-corrected chi connectivity index (χ4v) is 5.12. The van der Waals surface area contributed by atoms with E-state index in [4.69, 9.17) is 0 Å². The van der Waals surface area contributed by atoms with E-state index in [2.05, 4.69) is 23.1 Å². The van der Waals surface area contributed by atoms with Gasteiger partial charge >= 0.3 is 0 Å². The summed E-state index contributed by atoms with van der Waals surface area (Å²) in [4.78, 5) is 2.35. The Bertz CT molecular complexity index is 636. The molecule has 2 fully saturated rings. The molecule has 1 saturated heterocycles. The molecule has 2 heterocycles. The summed E-state index contributed by atoms with van der Waals surface area (Å²) in [6.45, 7) is 8.85. The predicted octanol–water partition coefficient (Wildman–Crippen LogP) is 1.68. The van der Waals surface area contributed by atoms with E-state index < -0.39 is 14.8 Å². The number of rotatable bonds is 6. The molecule has 0 N–H and O–H groups in total. The number of aromatic nitrogens is 2. The van der Waals surface area contributed by atoms with Crippen LogP contribution in [0, 0.1) is 0 Å². The van der Waals surface area contributed by atoms with Crippen molar-refractivity contribution in [1.29, 1.82) is 0 Å². The highest BCUT2D eigenvalue weighted by molar-refractivity contribution is 7.90. The number of hydrogen-bond acceptors (Lipinski definition) is 4. The monoisotopic (exact) mass is 340 g/mol. The van der Waals surface area contributed by atoms with Crippen LogP contribution in [0.4, 0.5) is 0 Å². The first-order valence-corrected chi connectivity index (χ1v) is 10.1. The van der Waals surface area contributed by atoms with Gasteiger partial charge in [-0.15, -0.1) is 0 Å². The Morgan fingerprint density at radius 2 is 2.00 bits per heavy atom. The summed E-state index contributed by atoms with van der Waals surface area (Å²) in [6.07, 6.45) is 7.64. The molecule has 0 radical (unpaired) electrons. The van der Waals surface area contributed by atoms with E-state index >= 15 is 0 Å². The fraction of sp³-hybridized carbons (Fsp3) is 0.812. The van der Waals surface area contributed by atoms with E-state index in [9.17, 15) is 8.42 Å². The second-order valence-electron chi connectivity index (χ2n) is 7.10. The van der Waals surface area contributed by atoms with Gasteiger partial charge in [0.2, 0.25) is 10.0 Å². The standard InChI is InChI=1S/C16H28N4O2S/c1-3-7-19-14-15(12-17-19)13-18-8-4-9-20(11-10-18)23(21,22)16(2)5-6-16/h12,14H,3-11,13H2,1-2H3. The van der Waals surface area contributed by atoms with Gasteiger partial charge in [0, 0.05) is 44.5 Å². The van der Waals surface area contributed by atoms with Crippen molar-refractivity contribution in [2.45, 2.75) is 57.4 Å². The van der Waals surface area contributed by atoms with Crippen LogP contribution in [0.5, 0.6) is 0 Å². The molecule has 0 bridgehead atoms. The van der Waals surface area contributed by atoms with Crippen LogP contribution in [0.2, 0.25) is 0 Å². The maximum Gasteiger partial charge on any atom is 0.219 e. The number of nitrogens with zero attached hydrogens (tertiary/aromatic N) is 4. The summed E-state index contributed by atoms with van der Waals surface area (Å²) in [5, 5.41) is 4.37. The van der Waals surface area contributed by atoms with Crippen molar-refractivity contribution >= 4 is 10.0 Å². The summed E-state index contributed by atoms with van der Waals surface area (Å²) in [6, 6.07) is 0. The Morgan fingerprint density at radius 3 is 2.70 bits per heavy atom. The quantitative estimate of drug-likeness (QED) is 0.791. The average Bonchev–Trinajstić information content (AvgIpc) is 3.19. The minimum Gasteiger partial charge on any atom is -0.298 e. The Hall–Kier alpha value is -0.920. The average molecular weight is 340 g/mol. The second-order valence-corrected chi connectivity index (χ2v) is 9.55. The molecule has 23 heavy (non-hydrogen) atoms. The molecule has 7 heteroatoms. The zero-order valence-electron chi connectivity index (χ0n) is 14.2. The van der Waals surface area contributed by atoms with E-state index in [1.54, 1.807) is 4.31 Å². The third-order valence-corrected chi connectivity index (χ3v) is 7.71. The van der Waals surface area contributed by atoms with Gasteiger partial charge < -0.3 is 0 Å². The van der Waals surface area contributed by atoms with E-state index in [-0.39, 0.29) is 0 Å². The van der Waals surface area contributed by atoms with Crippen LogP contribution in [0.15, 0.2) is 12.4 Å². The van der Waals surface area contributed by atoms with Crippen molar-refractivity contribution in [2.75, 3.05) is 26.2 Å². The minimum absolute atomic E-state index is 0.483. The lowest BCUT2D eigenvalue weighted by molar-refractivity contribution is 0.278. The molecule has 1 saturated carbocycles. The number of sulfonamides is 1. The van der Waals surface area contributed by atoms with Gasteiger partial charge in [0.25, 0.3) is 0 Å². The van der Waals surface area contributed by atoms with Crippen molar-refractivity contribution in [3.63, 3.8) is 0 Å². The van der Waals surface area contributed by atoms with E-state index in [0.717, 1.165) is 51.9 Å². The Balaban J connectivity index is 1.58. The molecule has 1 aliphatic carbocycles. The summed E-state index contributed by atoms with van der Waals surface area (Å²) >= 11 is 0. The summed E-state index contributed by atoms with van der Waals surface area (Å²) in [5.74, 6) is 0. The van der Waals surface area contributed by atoms with Gasteiger partial charge in [-0.2, -0.15) is 5.10 Å². The van der Waals surface area contributed by atoms with Gasteiger partial charge in [-0.25, -0.2) is 12.7 Å². The molecule has 0 spiro atoms. The molecule has 1 aliphatic heterocycles. The molecule has 0 aromatic carbocycles. The Kier molecular flexibility index (Phi) is 4.80.